The molecule has 0 saturated heterocycles. The number of methoxy groups -OCH3 is 1. The Balaban J connectivity index is 4.32. The van der Waals surface area contributed by atoms with Crippen molar-refractivity contribution in [2.75, 3.05) is 13.7 Å². The molecule has 0 unspecified atom stereocenters. The molecule has 0 atom stereocenters. The van der Waals surface area contributed by atoms with Crippen LogP contribution in [0.2, 0.25) is 0 Å². The maximum atomic E-state index is 5.50. The van der Waals surface area contributed by atoms with E-state index in [1.165, 1.54) is 57.8 Å². The lowest BCUT2D eigenvalue weighted by atomic mass is 9.75. The Bertz CT molecular complexity index is 121. The van der Waals surface area contributed by atoms with Crippen molar-refractivity contribution in [2.45, 2.75) is 78.6 Å². The van der Waals surface area contributed by atoms with E-state index in [1.54, 1.807) is 0 Å². The van der Waals surface area contributed by atoms with Crippen LogP contribution in [0.5, 0.6) is 0 Å². The van der Waals surface area contributed by atoms with Crippen molar-refractivity contribution < 1.29 is 4.74 Å². The van der Waals surface area contributed by atoms with Gasteiger partial charge in [0.05, 0.1) is 6.61 Å². The number of unbranched alkanes of at least 4 members (excludes halogenated alkanes) is 3. The Morgan fingerprint density at radius 2 is 1.12 bits per heavy atom. The Morgan fingerprint density at radius 1 is 0.750 bits per heavy atom. The minimum atomic E-state index is 0.483. The van der Waals surface area contributed by atoms with Gasteiger partial charge in [0.25, 0.3) is 0 Å². The average Bonchev–Trinajstić information content (AvgIpc) is 2.31. The lowest BCUT2D eigenvalue weighted by Crippen LogP contribution is -2.26. The Hall–Kier alpha value is -0.0400. The first-order chi connectivity index (χ1) is 7.74. The largest absolute Gasteiger partial charge is 0.384 e. The lowest BCUT2D eigenvalue weighted by molar-refractivity contribution is 0.0523. The molecule has 0 N–H and O–H groups in total. The van der Waals surface area contributed by atoms with Gasteiger partial charge < -0.3 is 4.74 Å². The van der Waals surface area contributed by atoms with E-state index in [2.05, 4.69) is 20.8 Å². The number of rotatable bonds is 11. The van der Waals surface area contributed by atoms with Gasteiger partial charge in [-0.2, -0.15) is 0 Å². The van der Waals surface area contributed by atoms with E-state index >= 15 is 0 Å². The summed E-state index contributed by atoms with van der Waals surface area (Å²) in [6.07, 6.45) is 12.1. The van der Waals surface area contributed by atoms with Gasteiger partial charge in [-0.3, -0.25) is 0 Å². The van der Waals surface area contributed by atoms with Crippen LogP contribution in [0.4, 0.5) is 0 Å². The van der Waals surface area contributed by atoms with E-state index in [1.807, 2.05) is 7.11 Å². The van der Waals surface area contributed by atoms with Gasteiger partial charge >= 0.3 is 0 Å². The Kier molecular flexibility index (Phi) is 10.1. The maximum absolute atomic E-state index is 5.50. The Morgan fingerprint density at radius 3 is 1.38 bits per heavy atom. The molecule has 0 aliphatic heterocycles. The summed E-state index contributed by atoms with van der Waals surface area (Å²) >= 11 is 0. The molecule has 0 fully saturated rings. The SMILES string of the molecule is CCCCC(CCCC)(CCCC)COC. The first-order valence-electron chi connectivity index (χ1n) is 7.23. The lowest BCUT2D eigenvalue weighted by Gasteiger charge is -2.33. The van der Waals surface area contributed by atoms with Crippen LogP contribution in [0, 0.1) is 5.41 Å². The predicted molar refractivity (Wildman–Crippen MR) is 72.9 cm³/mol. The highest BCUT2D eigenvalue weighted by atomic mass is 16.5. The molecule has 0 saturated carbocycles. The van der Waals surface area contributed by atoms with E-state index in [-0.39, 0.29) is 0 Å². The van der Waals surface area contributed by atoms with Crippen molar-refractivity contribution in [2.24, 2.45) is 5.41 Å². The van der Waals surface area contributed by atoms with E-state index in [0.717, 1.165) is 6.61 Å². The molecule has 0 aromatic rings. The van der Waals surface area contributed by atoms with Crippen molar-refractivity contribution in [3.05, 3.63) is 0 Å². The fourth-order valence-electron chi connectivity index (χ4n) is 2.55. The summed E-state index contributed by atoms with van der Waals surface area (Å²) in [7, 11) is 1.86. The molecule has 0 amide bonds. The summed E-state index contributed by atoms with van der Waals surface area (Å²) in [6, 6.07) is 0. The van der Waals surface area contributed by atoms with Crippen LogP contribution < -0.4 is 0 Å². The predicted octanol–water partition coefficient (Wildman–Crippen LogP) is 5.19. The second kappa shape index (κ2) is 10.1. The maximum Gasteiger partial charge on any atom is 0.0518 e. The second-order valence-electron chi connectivity index (χ2n) is 5.24. The van der Waals surface area contributed by atoms with Crippen LogP contribution in [0.1, 0.15) is 78.6 Å². The zero-order chi connectivity index (χ0) is 12.3. The molecule has 1 nitrogen and oxygen atoms in total. The first kappa shape index (κ1) is 16.0. The van der Waals surface area contributed by atoms with Crippen LogP contribution in [-0.4, -0.2) is 13.7 Å². The average molecular weight is 228 g/mol. The molecule has 16 heavy (non-hydrogen) atoms. The molecular formula is C15H32O. The molecule has 0 rings (SSSR count). The summed E-state index contributed by atoms with van der Waals surface area (Å²) in [5, 5.41) is 0. The Labute approximate surface area is 103 Å². The fourth-order valence-corrected chi connectivity index (χ4v) is 2.55. The van der Waals surface area contributed by atoms with Crippen LogP contribution in [0.15, 0.2) is 0 Å². The van der Waals surface area contributed by atoms with Crippen molar-refractivity contribution >= 4 is 0 Å². The van der Waals surface area contributed by atoms with Gasteiger partial charge in [-0.1, -0.05) is 59.3 Å². The van der Waals surface area contributed by atoms with Crippen molar-refractivity contribution in [3.8, 4) is 0 Å². The van der Waals surface area contributed by atoms with E-state index in [9.17, 15) is 0 Å². The topological polar surface area (TPSA) is 9.23 Å². The highest BCUT2D eigenvalue weighted by Crippen LogP contribution is 2.36. The van der Waals surface area contributed by atoms with Crippen LogP contribution >= 0.6 is 0 Å². The molecule has 1 heteroatoms. The summed E-state index contributed by atoms with van der Waals surface area (Å²) in [5.41, 5.74) is 0.483. The van der Waals surface area contributed by atoms with Gasteiger partial charge in [-0.25, -0.2) is 0 Å². The monoisotopic (exact) mass is 228 g/mol. The molecule has 98 valence electrons. The highest BCUT2D eigenvalue weighted by Gasteiger charge is 2.28. The van der Waals surface area contributed by atoms with E-state index in [0.29, 0.717) is 5.41 Å². The van der Waals surface area contributed by atoms with Crippen molar-refractivity contribution in [1.29, 1.82) is 0 Å². The summed E-state index contributed by atoms with van der Waals surface area (Å²) in [4.78, 5) is 0. The molecule has 0 aromatic carbocycles. The molecule has 0 heterocycles. The van der Waals surface area contributed by atoms with E-state index < -0.39 is 0 Å². The van der Waals surface area contributed by atoms with Gasteiger partial charge in [0.2, 0.25) is 0 Å². The number of hydrogen-bond donors (Lipinski definition) is 0. The zero-order valence-corrected chi connectivity index (χ0v) is 12.0. The standard InChI is InChI=1S/C15H32O/c1-5-8-11-15(14-16-4,12-9-6-2)13-10-7-3/h5-14H2,1-4H3. The second-order valence-corrected chi connectivity index (χ2v) is 5.24. The highest BCUT2D eigenvalue weighted by molar-refractivity contribution is 4.79. The molecule has 0 spiro atoms. The molecule has 0 aromatic heterocycles. The van der Waals surface area contributed by atoms with E-state index in [4.69, 9.17) is 4.74 Å². The van der Waals surface area contributed by atoms with Gasteiger partial charge in [0.15, 0.2) is 0 Å². The first-order valence-corrected chi connectivity index (χ1v) is 7.23. The van der Waals surface area contributed by atoms with Crippen molar-refractivity contribution in [3.63, 3.8) is 0 Å². The zero-order valence-electron chi connectivity index (χ0n) is 12.0. The van der Waals surface area contributed by atoms with Gasteiger partial charge in [-0.05, 0) is 24.7 Å². The molecule has 0 aliphatic rings. The minimum Gasteiger partial charge on any atom is -0.384 e. The van der Waals surface area contributed by atoms with Gasteiger partial charge in [0.1, 0.15) is 0 Å². The smallest absolute Gasteiger partial charge is 0.0518 e. The van der Waals surface area contributed by atoms with Crippen LogP contribution in [-0.2, 0) is 4.74 Å². The number of hydrogen-bond acceptors (Lipinski definition) is 1. The minimum absolute atomic E-state index is 0.483. The molecule has 0 radical (unpaired) electrons. The summed E-state index contributed by atoms with van der Waals surface area (Å²) < 4.78 is 5.50. The summed E-state index contributed by atoms with van der Waals surface area (Å²) in [5.74, 6) is 0. The third-order valence-electron chi connectivity index (χ3n) is 3.63. The van der Waals surface area contributed by atoms with Crippen LogP contribution in [0.3, 0.4) is 0 Å². The molecule has 0 aliphatic carbocycles. The molecule has 0 bridgehead atoms. The normalized spacial score (nSPS) is 12.0. The third kappa shape index (κ3) is 6.52. The fraction of sp³-hybridized carbons (Fsp3) is 1.00. The van der Waals surface area contributed by atoms with Crippen LogP contribution in [0.25, 0.3) is 0 Å². The quantitative estimate of drug-likeness (QED) is 0.473. The number of ether oxygens (including phenoxy) is 1. The van der Waals surface area contributed by atoms with Crippen molar-refractivity contribution in [1.82, 2.24) is 0 Å². The van der Waals surface area contributed by atoms with Gasteiger partial charge in [-0.15, -0.1) is 0 Å². The summed E-state index contributed by atoms with van der Waals surface area (Å²) in [6.45, 7) is 7.83. The third-order valence-corrected chi connectivity index (χ3v) is 3.63. The molecular weight excluding hydrogens is 196 g/mol. The van der Waals surface area contributed by atoms with Gasteiger partial charge in [0, 0.05) is 7.11 Å².